The van der Waals surface area contributed by atoms with Gasteiger partial charge in [-0.05, 0) is 36.2 Å². The summed E-state index contributed by atoms with van der Waals surface area (Å²) in [7, 11) is 0. The summed E-state index contributed by atoms with van der Waals surface area (Å²) in [5.74, 6) is 0.735. The molecule has 0 saturated carbocycles. The standard InChI is InChI=1S/C26H22N6OS/c33-26(30-20-9-5-2-6-10-20)31-21-13-11-18(12-14-21)15-16-27-23-22-25(29-17-28-23)34-24(32-22)19-7-3-1-4-8-19/h1-14,17H,15-16H2,(H,27,28,29)(H2,30,31,33). The van der Waals surface area contributed by atoms with Crippen LogP contribution >= 0.6 is 11.3 Å². The number of hydrogen-bond donors (Lipinski definition) is 3. The number of aromatic nitrogens is 3. The summed E-state index contributed by atoms with van der Waals surface area (Å²) in [4.78, 5) is 26.5. The van der Waals surface area contributed by atoms with E-state index in [1.54, 1.807) is 17.7 Å². The summed E-state index contributed by atoms with van der Waals surface area (Å²) in [6.07, 6.45) is 2.37. The van der Waals surface area contributed by atoms with Crippen molar-refractivity contribution < 1.29 is 4.79 Å². The van der Waals surface area contributed by atoms with Gasteiger partial charge in [0.1, 0.15) is 21.7 Å². The quantitative estimate of drug-likeness (QED) is 0.271. The van der Waals surface area contributed by atoms with Crippen LogP contribution in [0.25, 0.3) is 20.9 Å². The third-order valence-electron chi connectivity index (χ3n) is 5.17. The summed E-state index contributed by atoms with van der Waals surface area (Å²) < 4.78 is 0. The second kappa shape index (κ2) is 10.1. The molecular formula is C26H22N6OS. The minimum atomic E-state index is -0.272. The molecule has 168 valence electrons. The minimum Gasteiger partial charge on any atom is -0.368 e. The fraction of sp³-hybridized carbons (Fsp3) is 0.0769. The highest BCUT2D eigenvalue weighted by Gasteiger charge is 2.11. The number of hydrogen-bond acceptors (Lipinski definition) is 6. The maximum Gasteiger partial charge on any atom is 0.323 e. The van der Waals surface area contributed by atoms with E-state index < -0.39 is 0 Å². The number of rotatable bonds is 7. The van der Waals surface area contributed by atoms with E-state index in [0.717, 1.165) is 50.1 Å². The van der Waals surface area contributed by atoms with Crippen LogP contribution in [0.2, 0.25) is 0 Å². The molecular weight excluding hydrogens is 444 g/mol. The molecule has 0 spiro atoms. The van der Waals surface area contributed by atoms with Crippen molar-refractivity contribution in [3.8, 4) is 10.6 Å². The molecule has 0 aliphatic rings. The van der Waals surface area contributed by atoms with Crippen LogP contribution in [0.5, 0.6) is 0 Å². The van der Waals surface area contributed by atoms with E-state index in [9.17, 15) is 4.79 Å². The lowest BCUT2D eigenvalue weighted by molar-refractivity contribution is 0.262. The topological polar surface area (TPSA) is 91.8 Å². The molecule has 0 bridgehead atoms. The second-order valence-electron chi connectivity index (χ2n) is 7.58. The lowest BCUT2D eigenvalue weighted by Gasteiger charge is -2.09. The third kappa shape index (κ3) is 5.19. The van der Waals surface area contributed by atoms with Gasteiger partial charge >= 0.3 is 6.03 Å². The summed E-state index contributed by atoms with van der Waals surface area (Å²) >= 11 is 1.56. The monoisotopic (exact) mass is 466 g/mol. The summed E-state index contributed by atoms with van der Waals surface area (Å²) in [5.41, 5.74) is 4.49. The van der Waals surface area contributed by atoms with E-state index in [2.05, 4.69) is 25.9 Å². The first-order valence-electron chi connectivity index (χ1n) is 10.9. The van der Waals surface area contributed by atoms with Gasteiger partial charge in [0.05, 0.1) is 0 Å². The minimum absolute atomic E-state index is 0.272. The molecule has 5 aromatic rings. The molecule has 0 saturated heterocycles. The van der Waals surface area contributed by atoms with Crippen LogP contribution in [0.1, 0.15) is 5.56 Å². The largest absolute Gasteiger partial charge is 0.368 e. The van der Waals surface area contributed by atoms with Crippen molar-refractivity contribution in [3.05, 3.63) is 96.8 Å². The number of nitrogens with zero attached hydrogens (tertiary/aromatic N) is 3. The van der Waals surface area contributed by atoms with Crippen molar-refractivity contribution >= 4 is 44.9 Å². The molecule has 2 amide bonds. The Labute approximate surface area is 200 Å². The predicted octanol–water partition coefficient (Wildman–Crippen LogP) is 6.05. The first-order valence-corrected chi connectivity index (χ1v) is 11.7. The zero-order chi connectivity index (χ0) is 23.2. The van der Waals surface area contributed by atoms with Crippen molar-refractivity contribution in [2.45, 2.75) is 6.42 Å². The average molecular weight is 467 g/mol. The van der Waals surface area contributed by atoms with Crippen LogP contribution in [0.3, 0.4) is 0 Å². The van der Waals surface area contributed by atoms with Crippen molar-refractivity contribution in [1.82, 2.24) is 15.0 Å². The maximum absolute atomic E-state index is 12.1. The fourth-order valence-electron chi connectivity index (χ4n) is 3.48. The molecule has 0 aliphatic carbocycles. The Hall–Kier alpha value is -4.30. The van der Waals surface area contributed by atoms with Crippen LogP contribution in [-0.4, -0.2) is 27.5 Å². The zero-order valence-corrected chi connectivity index (χ0v) is 19.0. The van der Waals surface area contributed by atoms with E-state index in [-0.39, 0.29) is 6.03 Å². The van der Waals surface area contributed by atoms with Crippen LogP contribution in [0.4, 0.5) is 22.0 Å². The summed E-state index contributed by atoms with van der Waals surface area (Å²) in [6.45, 7) is 0.700. The Morgan fingerprint density at radius 1 is 0.794 bits per heavy atom. The molecule has 8 heteroatoms. The molecule has 5 rings (SSSR count). The number of fused-ring (bicyclic) bond motifs is 1. The number of para-hydroxylation sites is 1. The van der Waals surface area contributed by atoms with Gasteiger partial charge in [-0.2, -0.15) is 0 Å². The first kappa shape index (κ1) is 21.5. The van der Waals surface area contributed by atoms with Crippen molar-refractivity contribution in [1.29, 1.82) is 0 Å². The van der Waals surface area contributed by atoms with Gasteiger partial charge in [-0.25, -0.2) is 19.7 Å². The summed E-state index contributed by atoms with van der Waals surface area (Å²) in [6, 6.07) is 27.0. The van der Waals surface area contributed by atoms with Crippen LogP contribution in [-0.2, 0) is 6.42 Å². The molecule has 0 radical (unpaired) electrons. The van der Waals surface area contributed by atoms with E-state index >= 15 is 0 Å². The van der Waals surface area contributed by atoms with Crippen molar-refractivity contribution in [2.75, 3.05) is 22.5 Å². The number of benzene rings is 3. The second-order valence-corrected chi connectivity index (χ2v) is 8.56. The Balaban J connectivity index is 1.17. The Morgan fingerprint density at radius 2 is 1.47 bits per heavy atom. The van der Waals surface area contributed by atoms with Crippen LogP contribution < -0.4 is 16.0 Å². The van der Waals surface area contributed by atoms with Gasteiger partial charge in [-0.15, -0.1) is 0 Å². The first-order chi connectivity index (χ1) is 16.7. The Morgan fingerprint density at radius 3 is 2.21 bits per heavy atom. The van der Waals surface area contributed by atoms with Crippen molar-refractivity contribution in [3.63, 3.8) is 0 Å². The maximum atomic E-state index is 12.1. The molecule has 0 aliphatic heterocycles. The van der Waals surface area contributed by atoms with E-state index in [1.165, 1.54) is 0 Å². The molecule has 3 N–H and O–H groups in total. The highest BCUT2D eigenvalue weighted by molar-refractivity contribution is 7.21. The smallest absolute Gasteiger partial charge is 0.323 e. The number of amides is 2. The highest BCUT2D eigenvalue weighted by atomic mass is 32.1. The normalized spacial score (nSPS) is 10.7. The summed E-state index contributed by atoms with van der Waals surface area (Å²) in [5, 5.41) is 9.97. The zero-order valence-electron chi connectivity index (χ0n) is 18.2. The molecule has 2 heterocycles. The SMILES string of the molecule is O=C(Nc1ccccc1)Nc1ccc(CCNc2ncnc3sc(-c4ccccc4)nc23)cc1. The Bertz CT molecular complexity index is 1390. The fourth-order valence-corrected chi connectivity index (χ4v) is 4.40. The Kier molecular flexibility index (Phi) is 6.40. The van der Waals surface area contributed by atoms with E-state index in [0.29, 0.717) is 6.54 Å². The van der Waals surface area contributed by atoms with Crippen LogP contribution in [0, 0.1) is 0 Å². The molecule has 0 fully saturated rings. The van der Waals surface area contributed by atoms with Crippen LogP contribution in [0.15, 0.2) is 91.3 Å². The number of carbonyl (C=O) groups is 1. The van der Waals surface area contributed by atoms with E-state index in [4.69, 9.17) is 4.98 Å². The number of anilines is 3. The molecule has 34 heavy (non-hydrogen) atoms. The van der Waals surface area contributed by atoms with Gasteiger partial charge in [-0.3, -0.25) is 0 Å². The number of urea groups is 1. The van der Waals surface area contributed by atoms with Gasteiger partial charge in [-0.1, -0.05) is 72.0 Å². The third-order valence-corrected chi connectivity index (χ3v) is 6.18. The van der Waals surface area contributed by atoms with E-state index in [1.807, 2.05) is 84.9 Å². The number of carbonyl (C=O) groups excluding carboxylic acids is 1. The van der Waals surface area contributed by atoms with Gasteiger partial charge in [0.15, 0.2) is 5.82 Å². The lowest BCUT2D eigenvalue weighted by Crippen LogP contribution is -2.19. The van der Waals surface area contributed by atoms with Gasteiger partial charge < -0.3 is 16.0 Å². The van der Waals surface area contributed by atoms with Gasteiger partial charge in [0.2, 0.25) is 0 Å². The van der Waals surface area contributed by atoms with Crippen molar-refractivity contribution in [2.24, 2.45) is 0 Å². The lowest BCUT2D eigenvalue weighted by atomic mass is 10.1. The van der Waals surface area contributed by atoms with Gasteiger partial charge in [0.25, 0.3) is 0 Å². The number of thiazole rings is 1. The molecule has 3 aromatic carbocycles. The predicted molar refractivity (Wildman–Crippen MR) is 138 cm³/mol. The molecule has 0 atom stereocenters. The number of nitrogens with one attached hydrogen (secondary N) is 3. The molecule has 7 nitrogen and oxygen atoms in total. The van der Waals surface area contributed by atoms with Gasteiger partial charge in [0, 0.05) is 23.5 Å². The molecule has 2 aromatic heterocycles. The average Bonchev–Trinajstić information content (AvgIpc) is 3.32. The molecule has 0 unspecified atom stereocenters. The highest BCUT2D eigenvalue weighted by Crippen LogP contribution is 2.31.